The first-order valence-corrected chi connectivity index (χ1v) is 5.99. The summed E-state index contributed by atoms with van der Waals surface area (Å²) in [5.74, 6) is 0. The van der Waals surface area contributed by atoms with Crippen molar-refractivity contribution in [3.8, 4) is 0 Å². The minimum atomic E-state index is 0.695. The van der Waals surface area contributed by atoms with Crippen LogP contribution in [0, 0.1) is 0 Å². The summed E-state index contributed by atoms with van der Waals surface area (Å²) in [5, 5.41) is 0. The third-order valence-electron chi connectivity index (χ3n) is 3.07. The van der Waals surface area contributed by atoms with E-state index in [9.17, 15) is 0 Å². The number of aryl methyl sites for hydroxylation is 1. The molecule has 1 aromatic rings. The van der Waals surface area contributed by atoms with Crippen molar-refractivity contribution in [2.45, 2.75) is 51.7 Å². The number of nitrogens with zero attached hydrogens (tertiary/aromatic N) is 3. The van der Waals surface area contributed by atoms with Crippen LogP contribution in [0.1, 0.15) is 33.1 Å². The fraction of sp³-hybridized carbons (Fsp3) is 0.750. The second-order valence-corrected chi connectivity index (χ2v) is 4.72. The first-order valence-electron chi connectivity index (χ1n) is 5.99. The molecule has 3 nitrogen and oxygen atoms in total. The van der Waals surface area contributed by atoms with Crippen LogP contribution in [-0.2, 0) is 6.54 Å². The van der Waals surface area contributed by atoms with Crippen LogP contribution in [-0.4, -0.2) is 33.1 Å². The summed E-state index contributed by atoms with van der Waals surface area (Å²) < 4.78 is 2.16. The fourth-order valence-electron chi connectivity index (χ4n) is 2.12. The van der Waals surface area contributed by atoms with E-state index in [0.717, 1.165) is 12.6 Å². The Morgan fingerprint density at radius 2 is 2.27 bits per heavy atom. The van der Waals surface area contributed by atoms with E-state index in [4.69, 9.17) is 0 Å². The molecule has 0 spiro atoms. The van der Waals surface area contributed by atoms with E-state index < -0.39 is 0 Å². The number of hydrogen-bond donors (Lipinski definition) is 0. The Labute approximate surface area is 92.1 Å². The fourth-order valence-corrected chi connectivity index (χ4v) is 2.12. The van der Waals surface area contributed by atoms with Gasteiger partial charge >= 0.3 is 0 Å². The smallest absolute Gasteiger partial charge is 0.0945 e. The van der Waals surface area contributed by atoms with Crippen LogP contribution in [0.3, 0.4) is 0 Å². The van der Waals surface area contributed by atoms with Crippen molar-refractivity contribution in [1.29, 1.82) is 0 Å². The summed E-state index contributed by atoms with van der Waals surface area (Å²) in [4.78, 5) is 6.69. The second kappa shape index (κ2) is 4.79. The molecule has 0 amide bonds. The molecule has 1 saturated carbocycles. The molecule has 0 saturated heterocycles. The molecular formula is C12H21N3. The van der Waals surface area contributed by atoms with Crippen LogP contribution in [0.5, 0.6) is 0 Å². The normalized spacial score (nSPS) is 16.5. The van der Waals surface area contributed by atoms with Crippen molar-refractivity contribution in [1.82, 2.24) is 14.5 Å². The molecule has 0 N–H and O–H groups in total. The molecule has 0 unspecified atom stereocenters. The maximum absolute atomic E-state index is 4.05. The number of hydrogen-bond acceptors (Lipinski definition) is 2. The van der Waals surface area contributed by atoms with Gasteiger partial charge in [0.2, 0.25) is 0 Å². The van der Waals surface area contributed by atoms with Crippen LogP contribution in [0.4, 0.5) is 0 Å². The Morgan fingerprint density at radius 3 is 2.80 bits per heavy atom. The maximum Gasteiger partial charge on any atom is 0.0945 e. The van der Waals surface area contributed by atoms with E-state index in [1.165, 1.54) is 25.8 Å². The van der Waals surface area contributed by atoms with Gasteiger partial charge in [-0.25, -0.2) is 4.98 Å². The lowest BCUT2D eigenvalue weighted by Gasteiger charge is -2.26. The largest absolute Gasteiger partial charge is 0.337 e. The molecule has 15 heavy (non-hydrogen) atoms. The second-order valence-electron chi connectivity index (χ2n) is 4.72. The molecule has 1 aromatic heterocycles. The zero-order chi connectivity index (χ0) is 10.7. The molecule has 84 valence electrons. The zero-order valence-electron chi connectivity index (χ0n) is 9.76. The molecule has 0 atom stereocenters. The monoisotopic (exact) mass is 207 g/mol. The van der Waals surface area contributed by atoms with Crippen LogP contribution < -0.4 is 0 Å². The van der Waals surface area contributed by atoms with Crippen molar-refractivity contribution >= 4 is 0 Å². The molecule has 0 aliphatic heterocycles. The highest BCUT2D eigenvalue weighted by atomic mass is 15.2. The summed E-state index contributed by atoms with van der Waals surface area (Å²) in [5.41, 5.74) is 0. The van der Waals surface area contributed by atoms with Crippen LogP contribution in [0.15, 0.2) is 18.7 Å². The number of imidazole rings is 1. The summed E-state index contributed by atoms with van der Waals surface area (Å²) in [6.45, 7) is 6.92. The van der Waals surface area contributed by atoms with Crippen molar-refractivity contribution in [3.63, 3.8) is 0 Å². The highest BCUT2D eigenvalue weighted by Crippen LogP contribution is 2.28. The third-order valence-corrected chi connectivity index (χ3v) is 3.07. The Hall–Kier alpha value is -0.830. The highest BCUT2D eigenvalue weighted by molar-refractivity contribution is 4.86. The van der Waals surface area contributed by atoms with Crippen molar-refractivity contribution in [3.05, 3.63) is 18.7 Å². The highest BCUT2D eigenvalue weighted by Gasteiger charge is 2.29. The lowest BCUT2D eigenvalue weighted by molar-refractivity contribution is 0.205. The predicted octanol–water partition coefficient (Wildman–Crippen LogP) is 2.15. The van der Waals surface area contributed by atoms with Crippen LogP contribution in [0.25, 0.3) is 0 Å². The predicted molar refractivity (Wildman–Crippen MR) is 61.7 cm³/mol. The SMILES string of the molecule is CC(C)N(CCCn1ccnc1)C1CC1. The topological polar surface area (TPSA) is 21.1 Å². The van der Waals surface area contributed by atoms with Gasteiger partial charge in [0.15, 0.2) is 0 Å². The van der Waals surface area contributed by atoms with Crippen molar-refractivity contribution < 1.29 is 0 Å². The maximum atomic E-state index is 4.05. The van der Waals surface area contributed by atoms with Gasteiger partial charge in [-0.2, -0.15) is 0 Å². The summed E-state index contributed by atoms with van der Waals surface area (Å²) in [6, 6.07) is 1.58. The first kappa shape index (κ1) is 10.7. The number of rotatable bonds is 6. The van der Waals surface area contributed by atoms with Gasteiger partial charge < -0.3 is 4.57 Å². The van der Waals surface area contributed by atoms with Gasteiger partial charge in [-0.05, 0) is 33.1 Å². The summed E-state index contributed by atoms with van der Waals surface area (Å²) in [6.07, 6.45) is 9.83. The average molecular weight is 207 g/mol. The van der Waals surface area contributed by atoms with E-state index in [0.29, 0.717) is 6.04 Å². The van der Waals surface area contributed by atoms with Crippen LogP contribution in [0.2, 0.25) is 0 Å². The van der Waals surface area contributed by atoms with E-state index in [2.05, 4.69) is 28.3 Å². The molecule has 0 bridgehead atoms. The Kier molecular flexibility index (Phi) is 3.41. The zero-order valence-corrected chi connectivity index (χ0v) is 9.76. The molecule has 1 heterocycles. The molecule has 0 radical (unpaired) electrons. The van der Waals surface area contributed by atoms with Crippen molar-refractivity contribution in [2.75, 3.05) is 6.54 Å². The molecule has 1 aliphatic carbocycles. The average Bonchev–Trinajstić information content (AvgIpc) is 2.89. The first-order chi connectivity index (χ1) is 7.27. The van der Waals surface area contributed by atoms with Crippen LogP contribution >= 0.6 is 0 Å². The minimum absolute atomic E-state index is 0.695. The molecule has 1 aliphatic rings. The summed E-state index contributed by atoms with van der Waals surface area (Å²) >= 11 is 0. The minimum Gasteiger partial charge on any atom is -0.337 e. The third kappa shape index (κ3) is 3.06. The lowest BCUT2D eigenvalue weighted by Crippen LogP contribution is -2.34. The van der Waals surface area contributed by atoms with Gasteiger partial charge in [-0.1, -0.05) is 0 Å². The lowest BCUT2D eigenvalue weighted by atomic mass is 10.2. The van der Waals surface area contributed by atoms with E-state index >= 15 is 0 Å². The van der Waals surface area contributed by atoms with E-state index in [1.54, 1.807) is 0 Å². The van der Waals surface area contributed by atoms with Gasteiger partial charge in [-0.3, -0.25) is 4.90 Å². The molecule has 0 aromatic carbocycles. The quantitative estimate of drug-likeness (QED) is 0.712. The van der Waals surface area contributed by atoms with Gasteiger partial charge in [0.05, 0.1) is 6.33 Å². The van der Waals surface area contributed by atoms with E-state index in [-0.39, 0.29) is 0 Å². The Balaban J connectivity index is 1.71. The van der Waals surface area contributed by atoms with Gasteiger partial charge in [0.1, 0.15) is 0 Å². The van der Waals surface area contributed by atoms with Gasteiger partial charge in [0, 0.05) is 37.6 Å². The van der Waals surface area contributed by atoms with E-state index in [1.807, 2.05) is 18.7 Å². The Bertz CT molecular complexity index is 273. The molecule has 2 rings (SSSR count). The molecule has 3 heteroatoms. The number of aromatic nitrogens is 2. The van der Waals surface area contributed by atoms with Gasteiger partial charge in [0.25, 0.3) is 0 Å². The molecular weight excluding hydrogens is 186 g/mol. The summed E-state index contributed by atoms with van der Waals surface area (Å²) in [7, 11) is 0. The van der Waals surface area contributed by atoms with Gasteiger partial charge in [-0.15, -0.1) is 0 Å². The van der Waals surface area contributed by atoms with Crippen molar-refractivity contribution in [2.24, 2.45) is 0 Å². The molecule has 1 fully saturated rings. The Morgan fingerprint density at radius 1 is 1.47 bits per heavy atom. The standard InChI is InChI=1S/C12H21N3/c1-11(2)15(12-4-5-12)8-3-7-14-9-6-13-10-14/h6,9-12H,3-5,7-8H2,1-2H3.